The van der Waals surface area contributed by atoms with Crippen LogP contribution in [0, 0.1) is 6.92 Å². The van der Waals surface area contributed by atoms with Crippen LogP contribution in [0.2, 0.25) is 5.15 Å². The molecule has 1 heterocycles. The highest BCUT2D eigenvalue weighted by molar-refractivity contribution is 9.10. The molecule has 0 bridgehead atoms. The lowest BCUT2D eigenvalue weighted by atomic mass is 10.2. The van der Waals surface area contributed by atoms with Gasteiger partial charge in [-0.1, -0.05) is 27.5 Å². The molecule has 0 radical (unpaired) electrons. The molecular weight excluding hydrogens is 289 g/mol. The van der Waals surface area contributed by atoms with Gasteiger partial charge in [-0.25, -0.2) is 4.98 Å². The Morgan fingerprint density at radius 2 is 1.94 bits per heavy atom. The van der Waals surface area contributed by atoms with Crippen LogP contribution in [0.1, 0.15) is 5.56 Å². The predicted octanol–water partition coefficient (Wildman–Crippen LogP) is 4.60. The second kappa shape index (κ2) is 4.85. The minimum Gasteiger partial charge on any atom is -0.457 e. The molecule has 0 amide bonds. The number of hydrogen-bond donors (Lipinski definition) is 0. The van der Waals surface area contributed by atoms with Crippen molar-refractivity contribution >= 4 is 27.5 Å². The van der Waals surface area contributed by atoms with E-state index in [2.05, 4.69) is 20.9 Å². The summed E-state index contributed by atoms with van der Waals surface area (Å²) < 4.78 is 6.71. The highest BCUT2D eigenvalue weighted by atomic mass is 79.9. The number of pyridine rings is 1. The first-order chi connectivity index (χ1) is 7.65. The zero-order valence-electron chi connectivity index (χ0n) is 8.58. The van der Waals surface area contributed by atoms with E-state index in [-0.39, 0.29) is 0 Å². The number of benzene rings is 1. The Morgan fingerprint density at radius 3 is 2.62 bits per heavy atom. The summed E-state index contributed by atoms with van der Waals surface area (Å²) in [5.41, 5.74) is 1.12. The number of halogens is 2. The SMILES string of the molecule is Cc1cc(Oc2ccnc(Cl)c2)ccc1Br. The van der Waals surface area contributed by atoms with Crippen LogP contribution in [0.3, 0.4) is 0 Å². The van der Waals surface area contributed by atoms with Crippen molar-refractivity contribution in [2.75, 3.05) is 0 Å². The Bertz CT molecular complexity index is 516. The Hall–Kier alpha value is -1.06. The van der Waals surface area contributed by atoms with Crippen molar-refractivity contribution in [3.05, 3.63) is 51.7 Å². The summed E-state index contributed by atoms with van der Waals surface area (Å²) in [6.07, 6.45) is 1.61. The molecular formula is C12H9BrClNO. The second-order valence-electron chi connectivity index (χ2n) is 3.33. The molecule has 2 rings (SSSR count). The molecule has 4 heteroatoms. The number of aromatic nitrogens is 1. The molecule has 2 aromatic rings. The fourth-order valence-electron chi connectivity index (χ4n) is 1.26. The highest BCUT2D eigenvalue weighted by Gasteiger charge is 2.01. The van der Waals surface area contributed by atoms with Crippen LogP contribution in [0.5, 0.6) is 11.5 Å². The summed E-state index contributed by atoms with van der Waals surface area (Å²) in [6.45, 7) is 2.01. The zero-order valence-corrected chi connectivity index (χ0v) is 10.9. The van der Waals surface area contributed by atoms with Gasteiger partial charge in [0.15, 0.2) is 0 Å². The number of aryl methyl sites for hydroxylation is 1. The summed E-state index contributed by atoms with van der Waals surface area (Å²) in [6, 6.07) is 9.25. The number of rotatable bonds is 2. The van der Waals surface area contributed by atoms with Gasteiger partial charge in [-0.3, -0.25) is 0 Å². The molecule has 0 aliphatic rings. The number of nitrogens with zero attached hydrogens (tertiary/aromatic N) is 1. The zero-order chi connectivity index (χ0) is 11.5. The van der Waals surface area contributed by atoms with E-state index < -0.39 is 0 Å². The molecule has 0 aliphatic heterocycles. The average Bonchev–Trinajstić information content (AvgIpc) is 2.24. The molecule has 82 valence electrons. The molecule has 16 heavy (non-hydrogen) atoms. The fraction of sp³-hybridized carbons (Fsp3) is 0.0833. The first-order valence-electron chi connectivity index (χ1n) is 4.71. The molecule has 0 aliphatic carbocycles. The summed E-state index contributed by atoms with van der Waals surface area (Å²) in [4.78, 5) is 3.89. The maximum Gasteiger partial charge on any atom is 0.132 e. The maximum absolute atomic E-state index is 5.77. The van der Waals surface area contributed by atoms with Gasteiger partial charge in [0.2, 0.25) is 0 Å². The second-order valence-corrected chi connectivity index (χ2v) is 4.57. The van der Waals surface area contributed by atoms with E-state index in [9.17, 15) is 0 Å². The molecule has 2 nitrogen and oxygen atoms in total. The Balaban J connectivity index is 2.24. The van der Waals surface area contributed by atoms with Gasteiger partial charge in [-0.2, -0.15) is 0 Å². The molecule has 1 aromatic carbocycles. The van der Waals surface area contributed by atoms with Crippen molar-refractivity contribution in [3.63, 3.8) is 0 Å². The van der Waals surface area contributed by atoms with Crippen molar-refractivity contribution in [1.29, 1.82) is 0 Å². The van der Waals surface area contributed by atoms with Gasteiger partial charge in [0.05, 0.1) is 0 Å². The first-order valence-corrected chi connectivity index (χ1v) is 5.88. The lowest BCUT2D eigenvalue weighted by Gasteiger charge is -2.07. The van der Waals surface area contributed by atoms with E-state index in [1.54, 1.807) is 18.3 Å². The third kappa shape index (κ3) is 2.74. The monoisotopic (exact) mass is 297 g/mol. The van der Waals surface area contributed by atoms with Crippen LogP contribution in [-0.2, 0) is 0 Å². The van der Waals surface area contributed by atoms with E-state index >= 15 is 0 Å². The highest BCUT2D eigenvalue weighted by Crippen LogP contribution is 2.26. The van der Waals surface area contributed by atoms with E-state index in [1.165, 1.54) is 0 Å². The van der Waals surface area contributed by atoms with E-state index in [4.69, 9.17) is 16.3 Å². The van der Waals surface area contributed by atoms with Crippen molar-refractivity contribution in [1.82, 2.24) is 4.98 Å². The van der Waals surface area contributed by atoms with Gasteiger partial charge in [-0.15, -0.1) is 0 Å². The molecule has 0 saturated heterocycles. The molecule has 0 saturated carbocycles. The van der Waals surface area contributed by atoms with Gasteiger partial charge in [-0.05, 0) is 36.8 Å². The lowest BCUT2D eigenvalue weighted by Crippen LogP contribution is -1.86. The van der Waals surface area contributed by atoms with Crippen LogP contribution in [-0.4, -0.2) is 4.98 Å². The summed E-state index contributed by atoms with van der Waals surface area (Å²) in [7, 11) is 0. The number of ether oxygens (including phenoxy) is 1. The predicted molar refractivity (Wildman–Crippen MR) is 68.2 cm³/mol. The first kappa shape index (κ1) is 11.4. The van der Waals surface area contributed by atoms with E-state index in [1.807, 2.05) is 25.1 Å². The normalized spacial score (nSPS) is 10.2. The third-order valence-electron chi connectivity index (χ3n) is 2.06. The van der Waals surface area contributed by atoms with Crippen LogP contribution >= 0.6 is 27.5 Å². The fourth-order valence-corrected chi connectivity index (χ4v) is 1.68. The molecule has 0 atom stereocenters. The standard InChI is InChI=1S/C12H9BrClNO/c1-8-6-9(2-3-11(8)13)16-10-4-5-15-12(14)7-10/h2-7H,1H3. The smallest absolute Gasteiger partial charge is 0.132 e. The quantitative estimate of drug-likeness (QED) is 0.756. The minimum atomic E-state index is 0.423. The maximum atomic E-state index is 5.77. The Labute approximate surface area is 107 Å². The molecule has 0 N–H and O–H groups in total. The molecule has 0 unspecified atom stereocenters. The van der Waals surface area contributed by atoms with Crippen molar-refractivity contribution in [2.24, 2.45) is 0 Å². The van der Waals surface area contributed by atoms with Gasteiger partial charge in [0.25, 0.3) is 0 Å². The van der Waals surface area contributed by atoms with E-state index in [0.29, 0.717) is 10.9 Å². The molecule has 0 fully saturated rings. The molecule has 0 spiro atoms. The van der Waals surface area contributed by atoms with Gasteiger partial charge >= 0.3 is 0 Å². The van der Waals surface area contributed by atoms with Crippen LogP contribution in [0.4, 0.5) is 0 Å². The molecule has 1 aromatic heterocycles. The van der Waals surface area contributed by atoms with Gasteiger partial charge in [0.1, 0.15) is 16.7 Å². The average molecular weight is 299 g/mol. The van der Waals surface area contributed by atoms with Crippen molar-refractivity contribution in [2.45, 2.75) is 6.92 Å². The summed E-state index contributed by atoms with van der Waals surface area (Å²) in [5.74, 6) is 1.46. The summed E-state index contributed by atoms with van der Waals surface area (Å²) in [5, 5.41) is 0.423. The van der Waals surface area contributed by atoms with Crippen molar-refractivity contribution in [3.8, 4) is 11.5 Å². The Kier molecular flexibility index (Phi) is 3.46. The van der Waals surface area contributed by atoms with Gasteiger partial charge < -0.3 is 4.74 Å². The van der Waals surface area contributed by atoms with E-state index in [0.717, 1.165) is 15.8 Å². The van der Waals surface area contributed by atoms with Crippen LogP contribution in [0.15, 0.2) is 41.0 Å². The number of hydrogen-bond acceptors (Lipinski definition) is 2. The summed E-state index contributed by atoms with van der Waals surface area (Å²) >= 11 is 9.21. The minimum absolute atomic E-state index is 0.423. The lowest BCUT2D eigenvalue weighted by molar-refractivity contribution is 0.481. The largest absolute Gasteiger partial charge is 0.457 e. The van der Waals surface area contributed by atoms with Crippen LogP contribution < -0.4 is 4.74 Å². The third-order valence-corrected chi connectivity index (χ3v) is 3.16. The Morgan fingerprint density at radius 1 is 1.19 bits per heavy atom. The van der Waals surface area contributed by atoms with Gasteiger partial charge in [0, 0.05) is 16.7 Å². The van der Waals surface area contributed by atoms with Crippen molar-refractivity contribution < 1.29 is 4.74 Å². The van der Waals surface area contributed by atoms with Crippen LogP contribution in [0.25, 0.3) is 0 Å². The topological polar surface area (TPSA) is 22.1 Å².